The molecule has 27 heavy (non-hydrogen) atoms. The van der Waals surface area contributed by atoms with Crippen molar-refractivity contribution in [3.8, 4) is 5.75 Å². The van der Waals surface area contributed by atoms with Crippen molar-refractivity contribution in [1.82, 2.24) is 14.6 Å². The number of ether oxygens (including phenoxy) is 1. The maximum Gasteiger partial charge on any atom is 0.231 e. The summed E-state index contributed by atoms with van der Waals surface area (Å²) in [6.07, 6.45) is 1.82. The lowest BCUT2D eigenvalue weighted by molar-refractivity contribution is -0.120. The highest BCUT2D eigenvalue weighted by Gasteiger charge is 2.28. The molecule has 1 saturated heterocycles. The number of anilines is 2. The number of piperidine rings is 1. The summed E-state index contributed by atoms with van der Waals surface area (Å²) >= 11 is 0. The van der Waals surface area contributed by atoms with Crippen molar-refractivity contribution in [2.45, 2.75) is 19.8 Å². The predicted molar refractivity (Wildman–Crippen MR) is 104 cm³/mol. The molecule has 1 aliphatic rings. The van der Waals surface area contributed by atoms with Crippen molar-refractivity contribution in [3.05, 3.63) is 48.2 Å². The quantitative estimate of drug-likeness (QED) is 0.770. The van der Waals surface area contributed by atoms with Gasteiger partial charge in [0.2, 0.25) is 11.9 Å². The highest BCUT2D eigenvalue weighted by molar-refractivity contribution is 5.93. The van der Waals surface area contributed by atoms with Gasteiger partial charge in [0.15, 0.2) is 5.65 Å². The first-order valence-corrected chi connectivity index (χ1v) is 9.16. The molecular formula is C20H23N5O2. The predicted octanol–water partition coefficient (Wildman–Crippen LogP) is 2.90. The van der Waals surface area contributed by atoms with E-state index in [1.54, 1.807) is 7.11 Å². The minimum absolute atomic E-state index is 0.0374. The summed E-state index contributed by atoms with van der Waals surface area (Å²) in [5, 5.41) is 11.7. The lowest BCUT2D eigenvalue weighted by Crippen LogP contribution is -2.41. The summed E-state index contributed by atoms with van der Waals surface area (Å²) in [4.78, 5) is 14.9. The maximum absolute atomic E-state index is 12.8. The van der Waals surface area contributed by atoms with Gasteiger partial charge in [-0.15, -0.1) is 10.2 Å². The number of fused-ring (bicyclic) bond motifs is 1. The van der Waals surface area contributed by atoms with Crippen LogP contribution >= 0.6 is 0 Å². The average molecular weight is 365 g/mol. The Balaban J connectivity index is 1.49. The normalized spacial score (nSPS) is 17.1. The van der Waals surface area contributed by atoms with Gasteiger partial charge in [-0.3, -0.25) is 9.20 Å². The van der Waals surface area contributed by atoms with Crippen molar-refractivity contribution in [1.29, 1.82) is 0 Å². The average Bonchev–Trinajstić information content (AvgIpc) is 3.14. The summed E-state index contributed by atoms with van der Waals surface area (Å²) in [6, 6.07) is 13.4. The molecule has 0 spiro atoms. The molecule has 1 atom stereocenters. The number of nitrogens with one attached hydrogen (secondary N) is 1. The lowest BCUT2D eigenvalue weighted by atomic mass is 9.97. The molecule has 2 aromatic heterocycles. The number of aromatic nitrogens is 3. The molecule has 3 heterocycles. The van der Waals surface area contributed by atoms with E-state index in [-0.39, 0.29) is 11.8 Å². The third-order valence-electron chi connectivity index (χ3n) is 5.04. The number of hydrogen-bond donors (Lipinski definition) is 1. The zero-order valence-electron chi connectivity index (χ0n) is 15.6. The number of amides is 1. The lowest BCUT2D eigenvalue weighted by Gasteiger charge is -2.32. The van der Waals surface area contributed by atoms with E-state index < -0.39 is 0 Å². The van der Waals surface area contributed by atoms with Gasteiger partial charge in [-0.2, -0.15) is 0 Å². The summed E-state index contributed by atoms with van der Waals surface area (Å²) in [5.74, 6) is 1.53. The van der Waals surface area contributed by atoms with Crippen LogP contribution in [-0.2, 0) is 4.79 Å². The Hall–Kier alpha value is -3.09. The van der Waals surface area contributed by atoms with Gasteiger partial charge >= 0.3 is 0 Å². The fraction of sp³-hybridized carbons (Fsp3) is 0.350. The van der Waals surface area contributed by atoms with Crippen molar-refractivity contribution in [2.24, 2.45) is 5.92 Å². The SMILES string of the molecule is COc1ccc(NC(=O)[C@@H]2CCCN(c3nnc4cccc(C)n34)C2)cc1. The molecule has 1 N–H and O–H groups in total. The molecule has 7 heteroatoms. The Labute approximate surface area is 158 Å². The molecule has 1 aromatic carbocycles. The van der Waals surface area contributed by atoms with Gasteiger partial charge < -0.3 is 15.0 Å². The van der Waals surface area contributed by atoms with Crippen molar-refractivity contribution in [3.63, 3.8) is 0 Å². The van der Waals surface area contributed by atoms with Crippen LogP contribution in [0.2, 0.25) is 0 Å². The Bertz CT molecular complexity index is 951. The number of pyridine rings is 1. The molecule has 0 radical (unpaired) electrons. The zero-order chi connectivity index (χ0) is 18.8. The number of methoxy groups -OCH3 is 1. The minimum Gasteiger partial charge on any atom is -0.497 e. The minimum atomic E-state index is -0.0859. The van der Waals surface area contributed by atoms with Crippen LogP contribution in [0.5, 0.6) is 5.75 Å². The summed E-state index contributed by atoms with van der Waals surface area (Å²) in [7, 11) is 1.63. The van der Waals surface area contributed by atoms with Crippen LogP contribution < -0.4 is 15.0 Å². The second-order valence-electron chi connectivity index (χ2n) is 6.86. The number of aryl methyl sites for hydroxylation is 1. The van der Waals surface area contributed by atoms with Gasteiger partial charge in [0.25, 0.3) is 0 Å². The maximum atomic E-state index is 12.8. The van der Waals surface area contributed by atoms with Crippen LogP contribution in [0.15, 0.2) is 42.5 Å². The first-order chi connectivity index (χ1) is 13.2. The Morgan fingerprint density at radius 3 is 2.78 bits per heavy atom. The molecular weight excluding hydrogens is 342 g/mol. The standard InChI is InChI=1S/C20H23N5O2/c1-14-5-3-7-18-22-23-20(25(14)18)24-12-4-6-15(13-24)19(26)21-16-8-10-17(27-2)11-9-16/h3,5,7-11,15H,4,6,12-13H2,1-2H3,(H,21,26)/t15-/m1/s1. The van der Waals surface area contributed by atoms with Gasteiger partial charge in [0.1, 0.15) is 5.75 Å². The zero-order valence-corrected chi connectivity index (χ0v) is 15.6. The summed E-state index contributed by atoms with van der Waals surface area (Å²) in [5.41, 5.74) is 2.69. The van der Waals surface area contributed by atoms with Gasteiger partial charge in [-0.05, 0) is 56.2 Å². The largest absolute Gasteiger partial charge is 0.497 e. The number of carbonyl (C=O) groups is 1. The topological polar surface area (TPSA) is 71.8 Å². The first kappa shape index (κ1) is 17.3. The Morgan fingerprint density at radius 1 is 1.19 bits per heavy atom. The van der Waals surface area contributed by atoms with Gasteiger partial charge in [-0.1, -0.05) is 6.07 Å². The van der Waals surface area contributed by atoms with E-state index in [1.165, 1.54) is 0 Å². The van der Waals surface area contributed by atoms with Crippen molar-refractivity contribution in [2.75, 3.05) is 30.4 Å². The van der Waals surface area contributed by atoms with Crippen LogP contribution in [0, 0.1) is 12.8 Å². The second-order valence-corrected chi connectivity index (χ2v) is 6.86. The van der Waals surface area contributed by atoms with Crippen LogP contribution in [0.25, 0.3) is 5.65 Å². The molecule has 1 fully saturated rings. The fourth-order valence-electron chi connectivity index (χ4n) is 3.58. The molecule has 1 aliphatic heterocycles. The monoisotopic (exact) mass is 365 g/mol. The molecule has 0 bridgehead atoms. The molecule has 0 aliphatic carbocycles. The Morgan fingerprint density at radius 2 is 2.00 bits per heavy atom. The number of benzene rings is 1. The van der Waals surface area contributed by atoms with Crippen molar-refractivity contribution >= 4 is 23.2 Å². The number of nitrogens with zero attached hydrogens (tertiary/aromatic N) is 4. The first-order valence-electron chi connectivity index (χ1n) is 9.16. The second kappa shape index (κ2) is 7.26. The third kappa shape index (κ3) is 3.45. The van der Waals surface area contributed by atoms with E-state index in [9.17, 15) is 4.79 Å². The van der Waals surface area contributed by atoms with E-state index >= 15 is 0 Å². The summed E-state index contributed by atoms with van der Waals surface area (Å²) < 4.78 is 7.20. The molecule has 4 rings (SSSR count). The highest BCUT2D eigenvalue weighted by atomic mass is 16.5. The van der Waals surface area contributed by atoms with Crippen LogP contribution in [-0.4, -0.2) is 40.7 Å². The van der Waals surface area contributed by atoms with E-state index in [2.05, 4.69) is 20.4 Å². The Kier molecular flexibility index (Phi) is 4.66. The van der Waals surface area contributed by atoms with Gasteiger partial charge in [0, 0.05) is 24.5 Å². The molecule has 0 saturated carbocycles. The number of rotatable bonds is 4. The third-order valence-corrected chi connectivity index (χ3v) is 5.04. The highest BCUT2D eigenvalue weighted by Crippen LogP contribution is 2.25. The molecule has 0 unspecified atom stereocenters. The number of hydrogen-bond acceptors (Lipinski definition) is 5. The van der Waals surface area contributed by atoms with Crippen molar-refractivity contribution < 1.29 is 9.53 Å². The van der Waals surface area contributed by atoms with Crippen LogP contribution in [0.1, 0.15) is 18.5 Å². The smallest absolute Gasteiger partial charge is 0.231 e. The molecule has 3 aromatic rings. The molecule has 140 valence electrons. The number of carbonyl (C=O) groups excluding carboxylic acids is 1. The van der Waals surface area contributed by atoms with E-state index in [4.69, 9.17) is 4.74 Å². The van der Waals surface area contributed by atoms with Gasteiger partial charge in [-0.25, -0.2) is 0 Å². The van der Waals surface area contributed by atoms with Crippen LogP contribution in [0.4, 0.5) is 11.6 Å². The van der Waals surface area contributed by atoms with Crippen LogP contribution in [0.3, 0.4) is 0 Å². The fourth-order valence-corrected chi connectivity index (χ4v) is 3.58. The molecule has 7 nitrogen and oxygen atoms in total. The summed E-state index contributed by atoms with van der Waals surface area (Å²) in [6.45, 7) is 3.55. The van der Waals surface area contributed by atoms with E-state index in [0.29, 0.717) is 6.54 Å². The molecule has 1 amide bonds. The van der Waals surface area contributed by atoms with E-state index in [1.807, 2.05) is 53.8 Å². The van der Waals surface area contributed by atoms with E-state index in [0.717, 1.165) is 48.1 Å². The van der Waals surface area contributed by atoms with Gasteiger partial charge in [0.05, 0.1) is 13.0 Å².